The number of nitrogens with one attached hydrogen (secondary N) is 1. The molecule has 104 valence electrons. The van der Waals surface area contributed by atoms with E-state index in [4.69, 9.17) is 11.6 Å². The van der Waals surface area contributed by atoms with Crippen molar-refractivity contribution in [2.75, 3.05) is 5.32 Å². The summed E-state index contributed by atoms with van der Waals surface area (Å²) in [6, 6.07) is 9.40. The van der Waals surface area contributed by atoms with Gasteiger partial charge in [-0.25, -0.2) is 0 Å². The van der Waals surface area contributed by atoms with Crippen LogP contribution in [0.4, 0.5) is 24.5 Å². The van der Waals surface area contributed by atoms with Crippen LogP contribution in [0, 0.1) is 0 Å². The standard InChI is InChI=1S/C14H9ClF3NS/c15-7-8-2-1-3-12-13(8)19-10-6-9(14(16,17)18)4-5-11(10)20-12/h1-6,19H,7H2. The third kappa shape index (κ3) is 2.36. The fraction of sp³-hybridized carbons (Fsp3) is 0.143. The Morgan fingerprint density at radius 1 is 1.10 bits per heavy atom. The molecule has 20 heavy (non-hydrogen) atoms. The van der Waals surface area contributed by atoms with E-state index in [2.05, 4.69) is 5.32 Å². The summed E-state index contributed by atoms with van der Waals surface area (Å²) in [7, 11) is 0. The lowest BCUT2D eigenvalue weighted by molar-refractivity contribution is -0.137. The average Bonchev–Trinajstić information content (AvgIpc) is 2.42. The number of alkyl halides is 4. The van der Waals surface area contributed by atoms with Gasteiger partial charge in [-0.3, -0.25) is 0 Å². The first kappa shape index (κ1) is 13.6. The molecule has 6 heteroatoms. The van der Waals surface area contributed by atoms with Crippen molar-refractivity contribution >= 4 is 34.7 Å². The average molecular weight is 316 g/mol. The molecule has 0 bridgehead atoms. The Morgan fingerprint density at radius 2 is 1.90 bits per heavy atom. The summed E-state index contributed by atoms with van der Waals surface area (Å²) in [5.74, 6) is 0.311. The van der Waals surface area contributed by atoms with E-state index in [-0.39, 0.29) is 0 Å². The molecule has 1 N–H and O–H groups in total. The van der Waals surface area contributed by atoms with Gasteiger partial charge in [0.15, 0.2) is 0 Å². The summed E-state index contributed by atoms with van der Waals surface area (Å²) in [4.78, 5) is 1.74. The fourth-order valence-corrected chi connectivity index (χ4v) is 3.31. The van der Waals surface area contributed by atoms with Gasteiger partial charge in [0, 0.05) is 15.7 Å². The molecule has 1 nitrogen and oxygen atoms in total. The van der Waals surface area contributed by atoms with Crippen LogP contribution in [0.15, 0.2) is 46.2 Å². The lowest BCUT2D eigenvalue weighted by Crippen LogP contribution is -2.08. The zero-order valence-corrected chi connectivity index (χ0v) is 11.7. The van der Waals surface area contributed by atoms with E-state index < -0.39 is 11.7 Å². The minimum absolute atomic E-state index is 0.311. The fourth-order valence-electron chi connectivity index (χ4n) is 2.06. The highest BCUT2D eigenvalue weighted by atomic mass is 35.5. The van der Waals surface area contributed by atoms with Crippen molar-refractivity contribution in [3.05, 3.63) is 47.5 Å². The van der Waals surface area contributed by atoms with Crippen molar-refractivity contribution in [1.29, 1.82) is 0 Å². The second-order valence-electron chi connectivity index (χ2n) is 4.36. The highest BCUT2D eigenvalue weighted by Crippen LogP contribution is 2.47. The molecule has 0 spiro atoms. The van der Waals surface area contributed by atoms with Crippen LogP contribution < -0.4 is 5.32 Å². The van der Waals surface area contributed by atoms with Crippen molar-refractivity contribution in [2.24, 2.45) is 0 Å². The number of rotatable bonds is 1. The maximum absolute atomic E-state index is 12.7. The van der Waals surface area contributed by atoms with E-state index in [1.54, 1.807) is 0 Å². The first-order valence-electron chi connectivity index (χ1n) is 5.83. The molecule has 2 aromatic carbocycles. The number of fused-ring (bicyclic) bond motifs is 2. The Bertz CT molecular complexity index is 670. The molecular weight excluding hydrogens is 307 g/mol. The van der Waals surface area contributed by atoms with Crippen LogP contribution in [-0.2, 0) is 12.1 Å². The van der Waals surface area contributed by atoms with Crippen molar-refractivity contribution in [2.45, 2.75) is 21.8 Å². The quantitative estimate of drug-likeness (QED) is 0.582. The SMILES string of the molecule is FC(F)(F)c1ccc2c(c1)Nc1c(CCl)cccc1S2. The Balaban J connectivity index is 2.05. The molecule has 0 amide bonds. The molecule has 0 unspecified atom stereocenters. The predicted octanol–water partition coefficient (Wildman–Crippen LogP) is 5.65. The smallest absolute Gasteiger partial charge is 0.353 e. The second-order valence-corrected chi connectivity index (χ2v) is 5.71. The Kier molecular flexibility index (Phi) is 3.34. The van der Waals surface area contributed by atoms with Gasteiger partial charge in [0.2, 0.25) is 0 Å². The number of halogens is 4. The first-order chi connectivity index (χ1) is 9.49. The predicted molar refractivity (Wildman–Crippen MR) is 74.8 cm³/mol. The van der Waals surface area contributed by atoms with Crippen LogP contribution in [0.2, 0.25) is 0 Å². The molecule has 1 heterocycles. The van der Waals surface area contributed by atoms with Gasteiger partial charge in [0.1, 0.15) is 0 Å². The molecule has 0 aliphatic carbocycles. The maximum Gasteiger partial charge on any atom is 0.416 e. The van der Waals surface area contributed by atoms with Crippen LogP contribution in [0.1, 0.15) is 11.1 Å². The Morgan fingerprint density at radius 3 is 2.60 bits per heavy atom. The van der Waals surface area contributed by atoms with E-state index >= 15 is 0 Å². The largest absolute Gasteiger partial charge is 0.416 e. The number of anilines is 2. The van der Waals surface area contributed by atoms with E-state index in [1.165, 1.54) is 17.8 Å². The van der Waals surface area contributed by atoms with E-state index in [0.29, 0.717) is 11.6 Å². The van der Waals surface area contributed by atoms with Gasteiger partial charge >= 0.3 is 6.18 Å². The normalized spacial score (nSPS) is 13.4. The van der Waals surface area contributed by atoms with Gasteiger partial charge in [0.25, 0.3) is 0 Å². The molecule has 0 fully saturated rings. The molecule has 0 saturated carbocycles. The molecule has 0 aromatic heterocycles. The van der Waals surface area contributed by atoms with Crippen LogP contribution in [0.25, 0.3) is 0 Å². The van der Waals surface area contributed by atoms with Crippen LogP contribution >= 0.6 is 23.4 Å². The molecule has 0 saturated heterocycles. The van der Waals surface area contributed by atoms with Crippen molar-refractivity contribution in [1.82, 2.24) is 0 Å². The number of hydrogen-bond acceptors (Lipinski definition) is 2. The highest BCUT2D eigenvalue weighted by molar-refractivity contribution is 7.99. The van der Waals surface area contributed by atoms with Gasteiger partial charge in [-0.05, 0) is 29.8 Å². The Labute approximate surface area is 123 Å². The zero-order valence-electron chi connectivity index (χ0n) is 10.1. The zero-order chi connectivity index (χ0) is 14.3. The summed E-state index contributed by atoms with van der Waals surface area (Å²) >= 11 is 7.31. The van der Waals surface area contributed by atoms with Crippen molar-refractivity contribution in [3.63, 3.8) is 0 Å². The van der Waals surface area contributed by atoms with Gasteiger partial charge < -0.3 is 5.32 Å². The second kappa shape index (κ2) is 4.90. The van der Waals surface area contributed by atoms with Crippen LogP contribution in [0.5, 0.6) is 0 Å². The summed E-state index contributed by atoms with van der Waals surface area (Å²) < 4.78 is 38.2. The number of para-hydroxylation sites is 1. The minimum Gasteiger partial charge on any atom is -0.353 e. The first-order valence-corrected chi connectivity index (χ1v) is 7.18. The lowest BCUT2D eigenvalue weighted by atomic mass is 10.1. The molecule has 0 atom stereocenters. The summed E-state index contributed by atoms with van der Waals surface area (Å²) in [6.07, 6.45) is -4.34. The third-order valence-electron chi connectivity index (χ3n) is 3.04. The topological polar surface area (TPSA) is 12.0 Å². The number of hydrogen-bond donors (Lipinski definition) is 1. The van der Waals surface area contributed by atoms with E-state index in [9.17, 15) is 13.2 Å². The molecule has 2 aromatic rings. The Hall–Kier alpha value is -1.33. The summed E-state index contributed by atoms with van der Waals surface area (Å²) in [5.41, 5.74) is 1.48. The molecule has 0 radical (unpaired) electrons. The van der Waals surface area contributed by atoms with E-state index in [0.717, 1.165) is 33.2 Å². The highest BCUT2D eigenvalue weighted by Gasteiger charge is 2.31. The van der Waals surface area contributed by atoms with Crippen LogP contribution in [0.3, 0.4) is 0 Å². The molecule has 1 aliphatic rings. The van der Waals surface area contributed by atoms with Crippen molar-refractivity contribution in [3.8, 4) is 0 Å². The third-order valence-corrected chi connectivity index (χ3v) is 4.47. The summed E-state index contributed by atoms with van der Waals surface area (Å²) in [5, 5.41) is 3.07. The van der Waals surface area contributed by atoms with Crippen molar-refractivity contribution < 1.29 is 13.2 Å². The lowest BCUT2D eigenvalue weighted by Gasteiger charge is -2.23. The minimum atomic E-state index is -4.34. The van der Waals surface area contributed by atoms with Gasteiger partial charge in [-0.1, -0.05) is 23.9 Å². The van der Waals surface area contributed by atoms with E-state index in [1.807, 2.05) is 18.2 Å². The molecular formula is C14H9ClF3NS. The van der Waals surface area contributed by atoms with Gasteiger partial charge in [0.05, 0.1) is 16.9 Å². The monoisotopic (exact) mass is 315 g/mol. The molecule has 1 aliphatic heterocycles. The molecule has 3 rings (SSSR count). The summed E-state index contributed by atoms with van der Waals surface area (Å²) in [6.45, 7) is 0. The number of benzene rings is 2. The maximum atomic E-state index is 12.7. The van der Waals surface area contributed by atoms with Crippen LogP contribution in [-0.4, -0.2) is 0 Å². The van der Waals surface area contributed by atoms with Gasteiger partial charge in [-0.15, -0.1) is 11.6 Å². The van der Waals surface area contributed by atoms with Gasteiger partial charge in [-0.2, -0.15) is 13.2 Å².